The van der Waals surface area contributed by atoms with Gasteiger partial charge in [-0.1, -0.05) is 6.42 Å². The third kappa shape index (κ3) is 2.15. The first-order valence-electron chi connectivity index (χ1n) is 6.16. The molecule has 2 aromatic heterocycles. The molecule has 2 aromatic rings. The minimum Gasteiger partial charge on any atom is -0.393 e. The summed E-state index contributed by atoms with van der Waals surface area (Å²) >= 11 is 5.35. The fourth-order valence-corrected chi connectivity index (χ4v) is 4.63. The van der Waals surface area contributed by atoms with E-state index in [0.717, 1.165) is 23.7 Å². The van der Waals surface area contributed by atoms with Gasteiger partial charge in [-0.2, -0.15) is 0 Å². The molecule has 0 saturated heterocycles. The Morgan fingerprint density at radius 2 is 2.39 bits per heavy atom. The number of rotatable bonds is 3. The molecule has 5 heteroatoms. The molecule has 3 rings (SSSR count). The van der Waals surface area contributed by atoms with E-state index in [1.807, 2.05) is 12.5 Å². The van der Waals surface area contributed by atoms with Gasteiger partial charge >= 0.3 is 0 Å². The molecule has 1 aliphatic rings. The Balaban J connectivity index is 2.01. The van der Waals surface area contributed by atoms with Crippen LogP contribution in [-0.2, 0) is 0 Å². The van der Waals surface area contributed by atoms with Gasteiger partial charge in [-0.25, -0.2) is 4.98 Å². The van der Waals surface area contributed by atoms with Gasteiger partial charge < -0.3 is 9.67 Å². The number of thiophene rings is 1. The normalized spacial score (nSPS) is 25.4. The van der Waals surface area contributed by atoms with Crippen LogP contribution in [0.25, 0.3) is 0 Å². The van der Waals surface area contributed by atoms with Crippen LogP contribution in [0.4, 0.5) is 0 Å². The molecular formula is C13H15BrN2OS. The van der Waals surface area contributed by atoms with E-state index in [1.165, 1.54) is 4.88 Å². The summed E-state index contributed by atoms with van der Waals surface area (Å²) in [6, 6.07) is 2.27. The maximum Gasteiger partial charge on any atom is 0.0952 e. The number of aromatic nitrogens is 2. The summed E-state index contributed by atoms with van der Waals surface area (Å²) in [5.74, 6) is 0.286. The number of aliphatic hydroxyl groups excluding tert-OH is 1. The number of nitrogens with zero attached hydrogens (tertiary/aromatic N) is 2. The Hall–Kier alpha value is -0.650. The summed E-state index contributed by atoms with van der Waals surface area (Å²) in [7, 11) is 0. The van der Waals surface area contributed by atoms with Crippen molar-refractivity contribution in [1.82, 2.24) is 9.55 Å². The zero-order chi connectivity index (χ0) is 12.5. The van der Waals surface area contributed by atoms with Crippen LogP contribution in [0.15, 0.2) is 34.6 Å². The van der Waals surface area contributed by atoms with Gasteiger partial charge in [0.2, 0.25) is 0 Å². The van der Waals surface area contributed by atoms with Crippen molar-refractivity contribution in [2.75, 3.05) is 0 Å². The Bertz CT molecular complexity index is 511. The molecule has 1 fully saturated rings. The quantitative estimate of drug-likeness (QED) is 0.938. The molecular weight excluding hydrogens is 312 g/mol. The fourth-order valence-electron chi connectivity index (χ4n) is 2.84. The van der Waals surface area contributed by atoms with Crippen LogP contribution in [0, 0.1) is 5.92 Å². The third-order valence-corrected chi connectivity index (χ3v) is 5.64. The maximum absolute atomic E-state index is 10.2. The number of hydrogen-bond acceptors (Lipinski definition) is 3. The molecule has 1 saturated carbocycles. The smallest absolute Gasteiger partial charge is 0.0952 e. The molecule has 0 radical (unpaired) electrons. The van der Waals surface area contributed by atoms with E-state index in [1.54, 1.807) is 17.5 Å². The van der Waals surface area contributed by atoms with E-state index in [4.69, 9.17) is 0 Å². The highest BCUT2D eigenvalue weighted by molar-refractivity contribution is 9.10. The van der Waals surface area contributed by atoms with Crippen LogP contribution < -0.4 is 0 Å². The second kappa shape index (κ2) is 5.15. The molecule has 3 nitrogen and oxygen atoms in total. The summed E-state index contributed by atoms with van der Waals surface area (Å²) in [5.41, 5.74) is 0. The molecule has 2 heterocycles. The predicted octanol–water partition coefficient (Wildman–Crippen LogP) is 3.46. The van der Waals surface area contributed by atoms with E-state index in [-0.39, 0.29) is 18.1 Å². The van der Waals surface area contributed by atoms with E-state index in [2.05, 4.69) is 36.9 Å². The van der Waals surface area contributed by atoms with E-state index >= 15 is 0 Å². The molecule has 0 spiro atoms. The summed E-state index contributed by atoms with van der Waals surface area (Å²) in [6.45, 7) is 0. The summed E-state index contributed by atoms with van der Waals surface area (Å²) in [5, 5.41) is 12.3. The lowest BCUT2D eigenvalue weighted by atomic mass is 9.94. The average molecular weight is 327 g/mol. The summed E-state index contributed by atoms with van der Waals surface area (Å²) in [4.78, 5) is 5.43. The monoisotopic (exact) mass is 326 g/mol. The minimum atomic E-state index is -0.202. The van der Waals surface area contributed by atoms with Crippen LogP contribution in [-0.4, -0.2) is 20.8 Å². The van der Waals surface area contributed by atoms with E-state index < -0.39 is 0 Å². The van der Waals surface area contributed by atoms with Gasteiger partial charge in [-0.15, -0.1) is 11.3 Å². The van der Waals surface area contributed by atoms with Crippen LogP contribution in [0.5, 0.6) is 0 Å². The molecule has 3 atom stereocenters. The molecule has 1 aliphatic carbocycles. The standard InChI is InChI=1S/C13H15BrN2OS/c14-10-4-7-18-13(10)12(16-6-5-15-8-16)9-2-1-3-11(9)17/h4-9,11-12,17H,1-3H2. The molecule has 0 aromatic carbocycles. The van der Waals surface area contributed by atoms with Crippen molar-refractivity contribution in [3.8, 4) is 0 Å². The number of halogens is 1. The molecule has 0 amide bonds. The Labute approximate surface area is 119 Å². The fraction of sp³-hybridized carbons (Fsp3) is 0.462. The predicted molar refractivity (Wildman–Crippen MR) is 75.7 cm³/mol. The van der Waals surface area contributed by atoms with Crippen molar-refractivity contribution in [1.29, 1.82) is 0 Å². The van der Waals surface area contributed by atoms with Gasteiger partial charge in [-0.3, -0.25) is 0 Å². The van der Waals surface area contributed by atoms with Crippen molar-refractivity contribution in [3.05, 3.63) is 39.5 Å². The molecule has 0 bridgehead atoms. The van der Waals surface area contributed by atoms with Gasteiger partial charge in [0.25, 0.3) is 0 Å². The van der Waals surface area contributed by atoms with Gasteiger partial charge in [0.15, 0.2) is 0 Å². The average Bonchev–Trinajstić information content (AvgIpc) is 3.05. The Morgan fingerprint density at radius 1 is 1.50 bits per heavy atom. The Morgan fingerprint density at radius 3 is 2.94 bits per heavy atom. The van der Waals surface area contributed by atoms with Crippen molar-refractivity contribution in [2.24, 2.45) is 5.92 Å². The molecule has 1 N–H and O–H groups in total. The number of imidazole rings is 1. The van der Waals surface area contributed by atoms with Gasteiger partial charge in [-0.05, 0) is 40.2 Å². The van der Waals surface area contributed by atoms with Gasteiger partial charge in [0, 0.05) is 27.7 Å². The van der Waals surface area contributed by atoms with Crippen molar-refractivity contribution in [2.45, 2.75) is 31.4 Å². The number of aliphatic hydroxyl groups is 1. The third-order valence-electron chi connectivity index (χ3n) is 3.70. The van der Waals surface area contributed by atoms with Crippen molar-refractivity contribution < 1.29 is 5.11 Å². The highest BCUT2D eigenvalue weighted by Crippen LogP contribution is 2.42. The van der Waals surface area contributed by atoms with Crippen molar-refractivity contribution >= 4 is 27.3 Å². The second-order valence-corrected chi connectivity index (χ2v) is 6.55. The largest absolute Gasteiger partial charge is 0.393 e. The first-order valence-corrected chi connectivity index (χ1v) is 7.83. The minimum absolute atomic E-state index is 0.194. The zero-order valence-electron chi connectivity index (χ0n) is 9.87. The second-order valence-electron chi connectivity index (χ2n) is 4.75. The lowest BCUT2D eigenvalue weighted by Gasteiger charge is -2.27. The summed E-state index contributed by atoms with van der Waals surface area (Å²) < 4.78 is 3.25. The SMILES string of the molecule is OC1CCCC1C(c1sccc1Br)n1ccnc1. The van der Waals surface area contributed by atoms with Gasteiger partial charge in [0.05, 0.1) is 18.5 Å². The van der Waals surface area contributed by atoms with Crippen LogP contribution >= 0.6 is 27.3 Å². The first-order chi connectivity index (χ1) is 8.77. The van der Waals surface area contributed by atoms with E-state index in [9.17, 15) is 5.11 Å². The summed E-state index contributed by atoms with van der Waals surface area (Å²) in [6.07, 6.45) is 8.54. The Kier molecular flexibility index (Phi) is 3.54. The molecule has 0 aliphatic heterocycles. The highest BCUT2D eigenvalue weighted by atomic mass is 79.9. The van der Waals surface area contributed by atoms with Crippen molar-refractivity contribution in [3.63, 3.8) is 0 Å². The maximum atomic E-state index is 10.2. The van der Waals surface area contributed by atoms with Gasteiger partial charge in [0.1, 0.15) is 0 Å². The topological polar surface area (TPSA) is 38.0 Å². The van der Waals surface area contributed by atoms with E-state index in [0.29, 0.717) is 0 Å². The highest BCUT2D eigenvalue weighted by Gasteiger charge is 2.35. The van der Waals surface area contributed by atoms with Crippen LogP contribution in [0.2, 0.25) is 0 Å². The van der Waals surface area contributed by atoms with Crippen LogP contribution in [0.3, 0.4) is 0 Å². The zero-order valence-corrected chi connectivity index (χ0v) is 12.3. The number of hydrogen-bond donors (Lipinski definition) is 1. The lowest BCUT2D eigenvalue weighted by Crippen LogP contribution is -2.25. The molecule has 3 unspecified atom stereocenters. The first kappa shape index (κ1) is 12.4. The lowest BCUT2D eigenvalue weighted by molar-refractivity contribution is 0.111. The molecule has 96 valence electrons. The molecule has 18 heavy (non-hydrogen) atoms. The van der Waals surface area contributed by atoms with Crippen LogP contribution in [0.1, 0.15) is 30.2 Å².